The van der Waals surface area contributed by atoms with E-state index >= 15 is 0 Å². The molecular weight excluding hydrogens is 236 g/mol. The van der Waals surface area contributed by atoms with Crippen LogP contribution < -0.4 is 11.1 Å². The Morgan fingerprint density at radius 3 is 3.06 bits per heavy atom. The van der Waals surface area contributed by atoms with Crippen LogP contribution in [0.5, 0.6) is 0 Å². The first-order valence-electron chi connectivity index (χ1n) is 5.91. The number of thiophene rings is 1. The van der Waals surface area contributed by atoms with Crippen LogP contribution in [0.25, 0.3) is 0 Å². The average Bonchev–Trinajstić information content (AvgIpc) is 2.95. The Morgan fingerprint density at radius 2 is 2.47 bits per heavy atom. The van der Waals surface area contributed by atoms with Gasteiger partial charge in [0.1, 0.15) is 6.04 Å². The van der Waals surface area contributed by atoms with Gasteiger partial charge in [-0.05, 0) is 36.6 Å². The maximum Gasteiger partial charge on any atom is 0.242 e. The Balaban J connectivity index is 1.77. The SMILES string of the molecule is NC(C(=O)NCC1CCC(O)C1)c1cccs1. The standard InChI is InChI=1S/C12H18N2O2S/c13-11(10-2-1-5-17-10)12(16)14-7-8-3-4-9(15)6-8/h1-2,5,8-9,11,15H,3-4,6-7,13H2,(H,14,16). The lowest BCUT2D eigenvalue weighted by Crippen LogP contribution is -2.36. The fourth-order valence-corrected chi connectivity index (χ4v) is 2.91. The van der Waals surface area contributed by atoms with E-state index in [9.17, 15) is 9.90 Å². The molecule has 1 aromatic rings. The first-order chi connectivity index (χ1) is 8.16. The normalized spacial score (nSPS) is 25.8. The molecule has 5 heteroatoms. The summed E-state index contributed by atoms with van der Waals surface area (Å²) < 4.78 is 0. The third kappa shape index (κ3) is 3.28. The average molecular weight is 254 g/mol. The first-order valence-corrected chi connectivity index (χ1v) is 6.79. The smallest absolute Gasteiger partial charge is 0.242 e. The molecule has 1 aromatic heterocycles. The number of carbonyl (C=O) groups is 1. The summed E-state index contributed by atoms with van der Waals surface area (Å²) in [4.78, 5) is 12.7. The molecule has 3 unspecified atom stereocenters. The molecule has 2 rings (SSSR count). The van der Waals surface area contributed by atoms with Gasteiger partial charge in [-0.3, -0.25) is 4.79 Å². The van der Waals surface area contributed by atoms with Gasteiger partial charge >= 0.3 is 0 Å². The Bertz CT molecular complexity index is 367. The molecular formula is C12H18N2O2S. The van der Waals surface area contributed by atoms with Gasteiger partial charge in [-0.15, -0.1) is 11.3 Å². The third-order valence-corrected chi connectivity index (χ3v) is 4.17. The summed E-state index contributed by atoms with van der Waals surface area (Å²) in [5, 5.41) is 14.2. The van der Waals surface area contributed by atoms with Crippen LogP contribution in [0.3, 0.4) is 0 Å². The van der Waals surface area contributed by atoms with E-state index in [1.54, 1.807) is 0 Å². The molecule has 4 nitrogen and oxygen atoms in total. The summed E-state index contributed by atoms with van der Waals surface area (Å²) >= 11 is 1.49. The summed E-state index contributed by atoms with van der Waals surface area (Å²) in [5.41, 5.74) is 5.84. The van der Waals surface area contributed by atoms with E-state index in [-0.39, 0.29) is 12.0 Å². The predicted molar refractivity (Wildman–Crippen MR) is 67.6 cm³/mol. The van der Waals surface area contributed by atoms with Crippen LogP contribution in [0.1, 0.15) is 30.2 Å². The van der Waals surface area contributed by atoms with E-state index in [1.165, 1.54) is 11.3 Å². The van der Waals surface area contributed by atoms with Crippen molar-refractivity contribution in [1.29, 1.82) is 0 Å². The molecule has 1 saturated carbocycles. The molecule has 17 heavy (non-hydrogen) atoms. The second-order valence-corrected chi connectivity index (χ2v) is 5.55. The van der Waals surface area contributed by atoms with Crippen LogP contribution in [-0.4, -0.2) is 23.7 Å². The van der Waals surface area contributed by atoms with Gasteiger partial charge in [0.05, 0.1) is 6.10 Å². The molecule has 0 aromatic carbocycles. The van der Waals surface area contributed by atoms with Gasteiger partial charge in [-0.2, -0.15) is 0 Å². The van der Waals surface area contributed by atoms with Crippen molar-refractivity contribution in [3.8, 4) is 0 Å². The molecule has 0 spiro atoms. The van der Waals surface area contributed by atoms with Crippen molar-refractivity contribution in [2.75, 3.05) is 6.54 Å². The van der Waals surface area contributed by atoms with Gasteiger partial charge in [0.2, 0.25) is 5.91 Å². The zero-order chi connectivity index (χ0) is 12.3. The van der Waals surface area contributed by atoms with Gasteiger partial charge in [-0.1, -0.05) is 6.07 Å². The summed E-state index contributed by atoms with van der Waals surface area (Å²) in [6, 6.07) is 3.19. The highest BCUT2D eigenvalue weighted by atomic mass is 32.1. The minimum atomic E-state index is -0.568. The van der Waals surface area contributed by atoms with Crippen molar-refractivity contribution in [2.24, 2.45) is 11.7 Å². The number of aliphatic hydroxyl groups excluding tert-OH is 1. The molecule has 0 bridgehead atoms. The zero-order valence-electron chi connectivity index (χ0n) is 9.63. The number of hydrogen-bond acceptors (Lipinski definition) is 4. The van der Waals surface area contributed by atoms with Crippen LogP contribution >= 0.6 is 11.3 Å². The monoisotopic (exact) mass is 254 g/mol. The number of aliphatic hydroxyl groups is 1. The second kappa shape index (κ2) is 5.62. The van der Waals surface area contributed by atoms with Gasteiger partial charge in [0.15, 0.2) is 0 Å². The number of amides is 1. The molecule has 0 saturated heterocycles. The maximum atomic E-state index is 11.8. The molecule has 4 N–H and O–H groups in total. The molecule has 3 atom stereocenters. The minimum Gasteiger partial charge on any atom is -0.393 e. The number of nitrogens with one attached hydrogen (secondary N) is 1. The van der Waals surface area contributed by atoms with Crippen molar-refractivity contribution < 1.29 is 9.90 Å². The lowest BCUT2D eigenvalue weighted by molar-refractivity contribution is -0.122. The van der Waals surface area contributed by atoms with Crippen LogP contribution in [0.15, 0.2) is 17.5 Å². The topological polar surface area (TPSA) is 75.4 Å². The second-order valence-electron chi connectivity index (χ2n) is 4.57. The minimum absolute atomic E-state index is 0.131. The molecule has 1 heterocycles. The van der Waals surface area contributed by atoms with Gasteiger partial charge in [0.25, 0.3) is 0 Å². The number of rotatable bonds is 4. The van der Waals surface area contributed by atoms with Gasteiger partial charge in [-0.25, -0.2) is 0 Å². The van der Waals surface area contributed by atoms with Crippen molar-refractivity contribution in [3.05, 3.63) is 22.4 Å². The number of hydrogen-bond donors (Lipinski definition) is 3. The number of nitrogens with two attached hydrogens (primary N) is 1. The molecule has 1 fully saturated rings. The zero-order valence-corrected chi connectivity index (χ0v) is 10.5. The highest BCUT2D eigenvalue weighted by Crippen LogP contribution is 2.24. The Morgan fingerprint density at radius 1 is 1.65 bits per heavy atom. The van der Waals surface area contributed by atoms with Crippen LogP contribution in [0, 0.1) is 5.92 Å². The lowest BCUT2D eigenvalue weighted by Gasteiger charge is -2.14. The molecule has 1 aliphatic carbocycles. The van der Waals surface area contributed by atoms with Crippen molar-refractivity contribution >= 4 is 17.2 Å². The predicted octanol–water partition coefficient (Wildman–Crippen LogP) is 1.03. The van der Waals surface area contributed by atoms with Crippen LogP contribution in [0.4, 0.5) is 0 Å². The Hall–Kier alpha value is -0.910. The highest BCUT2D eigenvalue weighted by molar-refractivity contribution is 7.10. The van der Waals surface area contributed by atoms with E-state index in [4.69, 9.17) is 5.73 Å². The van der Waals surface area contributed by atoms with Crippen molar-refractivity contribution in [1.82, 2.24) is 5.32 Å². The molecule has 0 aliphatic heterocycles. The summed E-state index contributed by atoms with van der Waals surface area (Å²) in [7, 11) is 0. The van der Waals surface area contributed by atoms with E-state index in [1.807, 2.05) is 17.5 Å². The Labute approximate surface area is 105 Å². The van der Waals surface area contributed by atoms with Gasteiger partial charge < -0.3 is 16.2 Å². The molecule has 1 amide bonds. The van der Waals surface area contributed by atoms with Crippen LogP contribution in [0.2, 0.25) is 0 Å². The van der Waals surface area contributed by atoms with Crippen molar-refractivity contribution in [2.45, 2.75) is 31.4 Å². The fraction of sp³-hybridized carbons (Fsp3) is 0.583. The quantitative estimate of drug-likeness (QED) is 0.751. The fourth-order valence-electron chi connectivity index (χ4n) is 2.19. The Kier molecular flexibility index (Phi) is 4.15. The highest BCUT2D eigenvalue weighted by Gasteiger charge is 2.24. The van der Waals surface area contributed by atoms with Crippen LogP contribution in [-0.2, 0) is 4.79 Å². The summed E-state index contributed by atoms with van der Waals surface area (Å²) in [6.45, 7) is 0.620. The maximum absolute atomic E-state index is 11.8. The van der Waals surface area contributed by atoms with E-state index in [0.29, 0.717) is 12.5 Å². The third-order valence-electron chi connectivity index (χ3n) is 3.21. The molecule has 94 valence electrons. The van der Waals surface area contributed by atoms with Gasteiger partial charge in [0, 0.05) is 11.4 Å². The summed E-state index contributed by atoms with van der Waals surface area (Å²) in [6.07, 6.45) is 2.42. The van der Waals surface area contributed by atoms with E-state index in [2.05, 4.69) is 5.32 Å². The first kappa shape index (κ1) is 12.5. The molecule has 0 radical (unpaired) electrons. The molecule has 1 aliphatic rings. The number of carbonyl (C=O) groups excluding carboxylic acids is 1. The van der Waals surface area contributed by atoms with Crippen molar-refractivity contribution in [3.63, 3.8) is 0 Å². The summed E-state index contributed by atoms with van der Waals surface area (Å²) in [5.74, 6) is 0.262. The largest absolute Gasteiger partial charge is 0.393 e. The lowest BCUT2D eigenvalue weighted by atomic mass is 10.1. The van der Waals surface area contributed by atoms with E-state index in [0.717, 1.165) is 24.1 Å². The van der Waals surface area contributed by atoms with E-state index < -0.39 is 6.04 Å².